The second-order valence-electron chi connectivity index (χ2n) is 2.10. The van der Waals surface area contributed by atoms with Gasteiger partial charge in [-0.3, -0.25) is 0 Å². The summed E-state index contributed by atoms with van der Waals surface area (Å²) in [5, 5.41) is 0. The highest BCUT2D eigenvalue weighted by molar-refractivity contribution is 7.74. The average molecular weight is 171 g/mol. The molecule has 1 radical (unpaired) electrons. The van der Waals surface area contributed by atoms with Crippen molar-refractivity contribution in [3.05, 3.63) is 29.8 Å². The molecule has 0 saturated heterocycles. The molecule has 0 bridgehead atoms. The van der Waals surface area contributed by atoms with Gasteiger partial charge in [0.2, 0.25) is 0 Å². The Morgan fingerprint density at radius 3 is 2.27 bits per heavy atom. The minimum atomic E-state index is -2.47. The van der Waals surface area contributed by atoms with Crippen molar-refractivity contribution in [1.82, 2.24) is 0 Å². The molecular weight excluding hydrogens is 164 g/mol. The van der Waals surface area contributed by atoms with Gasteiger partial charge in [-0.15, -0.1) is 0 Å². The van der Waals surface area contributed by atoms with E-state index in [9.17, 15) is 8.76 Å². The van der Waals surface area contributed by atoms with Crippen LogP contribution in [0, 0.1) is 6.92 Å². The van der Waals surface area contributed by atoms with E-state index >= 15 is 0 Å². The highest BCUT2D eigenvalue weighted by Gasteiger charge is 1.97. The van der Waals surface area contributed by atoms with E-state index in [1.807, 2.05) is 6.92 Å². The zero-order valence-corrected chi connectivity index (χ0v) is 6.76. The van der Waals surface area contributed by atoms with E-state index in [1.165, 1.54) is 0 Å². The molecule has 1 rings (SSSR count). The third-order valence-electron chi connectivity index (χ3n) is 1.19. The molecule has 4 heteroatoms. The van der Waals surface area contributed by atoms with Crippen molar-refractivity contribution in [2.75, 3.05) is 0 Å². The maximum atomic E-state index is 10.0. The third-order valence-corrected chi connectivity index (χ3v) is 1.51. The van der Waals surface area contributed by atoms with Gasteiger partial charge in [-0.25, -0.2) is 0 Å². The Hall–Kier alpha value is -0.870. The molecule has 0 amide bonds. The number of aryl methyl sites for hydroxylation is 1. The van der Waals surface area contributed by atoms with E-state index in [-0.39, 0.29) is 0 Å². The van der Waals surface area contributed by atoms with Crippen LogP contribution in [0.1, 0.15) is 5.56 Å². The second kappa shape index (κ2) is 3.50. The van der Waals surface area contributed by atoms with Crippen molar-refractivity contribution in [3.8, 4) is 5.75 Å². The summed E-state index contributed by atoms with van der Waals surface area (Å²) in [7, 11) is 0. The molecular formula is C7H7O3S. The van der Waals surface area contributed by atoms with Crippen LogP contribution in [0.5, 0.6) is 5.75 Å². The number of rotatable bonds is 2. The second-order valence-corrected chi connectivity index (χ2v) is 2.68. The number of hydrogen-bond donors (Lipinski definition) is 0. The topological polar surface area (TPSA) is 46.2 Å². The number of hydrogen-bond acceptors (Lipinski definition) is 2. The lowest BCUT2D eigenvalue weighted by Gasteiger charge is -1.97. The predicted molar refractivity (Wildman–Crippen MR) is 40.6 cm³/mol. The van der Waals surface area contributed by atoms with E-state index in [2.05, 4.69) is 4.18 Å². The molecule has 0 aliphatic heterocycles. The zero-order valence-electron chi connectivity index (χ0n) is 5.94. The maximum Gasteiger partial charge on any atom is 0.390 e. The smallest absolute Gasteiger partial charge is 0.378 e. The van der Waals surface area contributed by atoms with Crippen LogP contribution in [0.15, 0.2) is 24.3 Å². The molecule has 3 nitrogen and oxygen atoms in total. The standard InChI is InChI=1S/C7H7O3S/c1-6-2-4-7(5-3-6)10-11(8)9/h2-5H,1H3. The molecule has 0 saturated carbocycles. The fourth-order valence-corrected chi connectivity index (χ4v) is 0.941. The summed E-state index contributed by atoms with van der Waals surface area (Å²) in [5.41, 5.74) is 1.06. The van der Waals surface area contributed by atoms with Gasteiger partial charge >= 0.3 is 11.4 Å². The van der Waals surface area contributed by atoms with Crippen molar-refractivity contribution in [2.45, 2.75) is 6.92 Å². The van der Waals surface area contributed by atoms with Crippen LogP contribution in [0.3, 0.4) is 0 Å². The molecule has 0 spiro atoms. The van der Waals surface area contributed by atoms with Crippen molar-refractivity contribution in [2.24, 2.45) is 0 Å². The Kier molecular flexibility index (Phi) is 2.62. The quantitative estimate of drug-likeness (QED) is 0.674. The van der Waals surface area contributed by atoms with Gasteiger partial charge in [0, 0.05) is 0 Å². The van der Waals surface area contributed by atoms with Gasteiger partial charge in [-0.05, 0) is 19.1 Å². The molecule has 0 fully saturated rings. The minimum absolute atomic E-state index is 0.337. The maximum absolute atomic E-state index is 10.0. The largest absolute Gasteiger partial charge is 0.390 e. The fourth-order valence-electron chi connectivity index (χ4n) is 0.672. The first-order chi connectivity index (χ1) is 5.18. The highest BCUT2D eigenvalue weighted by Crippen LogP contribution is 2.11. The van der Waals surface area contributed by atoms with Gasteiger partial charge in [-0.1, -0.05) is 22.2 Å². The van der Waals surface area contributed by atoms with Gasteiger partial charge in [0.15, 0.2) is 0 Å². The first kappa shape index (κ1) is 8.23. The SMILES string of the molecule is Cc1ccc(OS([O])=O)cc1. The van der Waals surface area contributed by atoms with Gasteiger partial charge in [0.1, 0.15) is 5.75 Å². The molecule has 0 heterocycles. The molecule has 59 valence electrons. The molecule has 0 aliphatic carbocycles. The Labute approximate surface area is 67.5 Å². The normalized spacial score (nSPS) is 12.5. The highest BCUT2D eigenvalue weighted by atomic mass is 32.2. The molecule has 1 unspecified atom stereocenters. The number of benzene rings is 1. The minimum Gasteiger partial charge on any atom is -0.378 e. The zero-order chi connectivity index (χ0) is 8.27. The van der Waals surface area contributed by atoms with E-state index in [0.717, 1.165) is 5.56 Å². The summed E-state index contributed by atoms with van der Waals surface area (Å²) >= 11 is -2.47. The lowest BCUT2D eigenvalue weighted by atomic mass is 10.2. The van der Waals surface area contributed by atoms with E-state index in [4.69, 9.17) is 0 Å². The Morgan fingerprint density at radius 2 is 1.82 bits per heavy atom. The summed E-state index contributed by atoms with van der Waals surface area (Å²) < 4.78 is 24.4. The van der Waals surface area contributed by atoms with Crippen molar-refractivity contribution in [3.63, 3.8) is 0 Å². The van der Waals surface area contributed by atoms with E-state index in [0.29, 0.717) is 5.75 Å². The van der Waals surface area contributed by atoms with E-state index in [1.54, 1.807) is 24.3 Å². The molecule has 0 aliphatic rings. The van der Waals surface area contributed by atoms with Crippen LogP contribution in [-0.2, 0) is 15.9 Å². The molecule has 1 atom stereocenters. The fraction of sp³-hybridized carbons (Fsp3) is 0.143. The van der Waals surface area contributed by atoms with Crippen LogP contribution in [0.2, 0.25) is 0 Å². The molecule has 11 heavy (non-hydrogen) atoms. The van der Waals surface area contributed by atoms with Gasteiger partial charge < -0.3 is 4.18 Å². The van der Waals surface area contributed by atoms with Crippen molar-refractivity contribution < 1.29 is 12.9 Å². The van der Waals surface area contributed by atoms with Gasteiger partial charge in [-0.2, -0.15) is 4.21 Å². The molecule has 0 N–H and O–H groups in total. The molecule has 1 aromatic carbocycles. The summed E-state index contributed by atoms with van der Waals surface area (Å²) in [4.78, 5) is 0. The molecule has 1 aromatic rings. The first-order valence-corrected chi connectivity index (χ1v) is 4.03. The predicted octanol–water partition coefficient (Wildman–Crippen LogP) is 1.38. The van der Waals surface area contributed by atoms with Crippen molar-refractivity contribution in [1.29, 1.82) is 0 Å². The van der Waals surface area contributed by atoms with Crippen LogP contribution in [-0.4, -0.2) is 4.21 Å². The van der Waals surface area contributed by atoms with E-state index < -0.39 is 11.4 Å². The lowest BCUT2D eigenvalue weighted by Crippen LogP contribution is -1.95. The Balaban J connectivity index is 2.74. The molecule has 0 aromatic heterocycles. The first-order valence-electron chi connectivity index (χ1n) is 3.03. The summed E-state index contributed by atoms with van der Waals surface area (Å²) in [6.07, 6.45) is 0. The monoisotopic (exact) mass is 171 g/mol. The van der Waals surface area contributed by atoms with Crippen LogP contribution >= 0.6 is 0 Å². The summed E-state index contributed by atoms with van der Waals surface area (Å²) in [6.45, 7) is 1.91. The summed E-state index contributed by atoms with van der Waals surface area (Å²) in [6, 6.07) is 6.76. The third kappa shape index (κ3) is 2.69. The lowest BCUT2D eigenvalue weighted by molar-refractivity contribution is 0.397. The van der Waals surface area contributed by atoms with Crippen LogP contribution < -0.4 is 4.18 Å². The Morgan fingerprint density at radius 1 is 1.27 bits per heavy atom. The summed E-state index contributed by atoms with van der Waals surface area (Å²) in [5.74, 6) is 0.337. The van der Waals surface area contributed by atoms with Crippen molar-refractivity contribution >= 4 is 11.4 Å². The van der Waals surface area contributed by atoms with Crippen LogP contribution in [0.4, 0.5) is 0 Å². The Bertz CT molecular complexity index is 255. The van der Waals surface area contributed by atoms with Gasteiger partial charge in [0.25, 0.3) is 0 Å². The van der Waals surface area contributed by atoms with Gasteiger partial charge in [0.05, 0.1) is 0 Å². The van der Waals surface area contributed by atoms with Crippen LogP contribution in [0.25, 0.3) is 0 Å². The average Bonchev–Trinajstić information content (AvgIpc) is 1.93.